The third kappa shape index (κ3) is 2.46. The molecule has 1 aromatic rings. The minimum atomic E-state index is 0.331. The van der Waals surface area contributed by atoms with Crippen LogP contribution in [0.3, 0.4) is 0 Å². The van der Waals surface area contributed by atoms with E-state index in [4.69, 9.17) is 5.11 Å². The second-order valence-corrected chi connectivity index (χ2v) is 3.89. The van der Waals surface area contributed by atoms with Gasteiger partial charge in [0, 0.05) is 12.5 Å². The quantitative estimate of drug-likeness (QED) is 0.720. The first kappa shape index (κ1) is 9.47. The number of benzene rings is 1. The second-order valence-electron chi connectivity index (χ2n) is 3.89. The first-order valence-corrected chi connectivity index (χ1v) is 5.24. The molecule has 0 radical (unpaired) electrons. The molecule has 1 unspecified atom stereocenters. The fourth-order valence-corrected chi connectivity index (χ4v) is 1.73. The predicted molar refractivity (Wildman–Crippen MR) is 58.0 cm³/mol. The zero-order chi connectivity index (χ0) is 9.80. The van der Waals surface area contributed by atoms with Crippen molar-refractivity contribution in [3.05, 3.63) is 47.5 Å². The number of aryl methyl sites for hydroxylation is 1. The van der Waals surface area contributed by atoms with Crippen molar-refractivity contribution in [3.63, 3.8) is 0 Å². The Morgan fingerprint density at radius 3 is 2.71 bits per heavy atom. The van der Waals surface area contributed by atoms with Crippen LogP contribution in [0.25, 0.3) is 0 Å². The van der Waals surface area contributed by atoms with Gasteiger partial charge in [-0.3, -0.25) is 0 Å². The maximum absolute atomic E-state index is 8.85. The molecule has 0 aromatic heterocycles. The molecule has 0 saturated heterocycles. The van der Waals surface area contributed by atoms with Crippen molar-refractivity contribution in [2.45, 2.75) is 19.3 Å². The first-order valence-electron chi connectivity index (χ1n) is 5.24. The molecule has 0 heterocycles. The summed E-state index contributed by atoms with van der Waals surface area (Å²) in [6.07, 6.45) is 5.62. The van der Waals surface area contributed by atoms with Crippen LogP contribution in [0, 0.1) is 5.92 Å². The molecule has 0 amide bonds. The Balaban J connectivity index is 1.77. The summed E-state index contributed by atoms with van der Waals surface area (Å²) in [6.45, 7) is 0.331. The molecule has 1 aromatic carbocycles. The normalized spacial score (nSPS) is 22.6. The molecular formula is C13H16O. The lowest BCUT2D eigenvalue weighted by atomic mass is 10.1. The number of aliphatic hydroxyl groups is 1. The maximum Gasteiger partial charge on any atom is 0.0499 e. The fourth-order valence-electron chi connectivity index (χ4n) is 1.73. The van der Waals surface area contributed by atoms with Gasteiger partial charge in [-0.2, -0.15) is 0 Å². The molecular weight excluding hydrogens is 172 g/mol. The fraction of sp³-hybridized carbons (Fsp3) is 0.385. The molecule has 1 aliphatic rings. The molecule has 1 aliphatic carbocycles. The van der Waals surface area contributed by atoms with Crippen LogP contribution >= 0.6 is 0 Å². The van der Waals surface area contributed by atoms with Gasteiger partial charge in [0.1, 0.15) is 0 Å². The van der Waals surface area contributed by atoms with E-state index in [0.717, 1.165) is 19.3 Å². The Morgan fingerprint density at radius 2 is 2.07 bits per heavy atom. The number of hydrogen-bond donors (Lipinski definition) is 1. The van der Waals surface area contributed by atoms with Gasteiger partial charge in [0.05, 0.1) is 0 Å². The monoisotopic (exact) mass is 188 g/mol. The smallest absolute Gasteiger partial charge is 0.0499 e. The Labute approximate surface area is 85.1 Å². The molecule has 0 bridgehead atoms. The lowest BCUT2D eigenvalue weighted by molar-refractivity contribution is 0.281. The van der Waals surface area contributed by atoms with Crippen LogP contribution in [0.2, 0.25) is 0 Å². The zero-order valence-corrected chi connectivity index (χ0v) is 8.32. The summed E-state index contributed by atoms with van der Waals surface area (Å²) in [4.78, 5) is 0. The Hall–Kier alpha value is -1.08. The van der Waals surface area contributed by atoms with Gasteiger partial charge >= 0.3 is 0 Å². The van der Waals surface area contributed by atoms with Gasteiger partial charge < -0.3 is 5.11 Å². The number of allylic oxidation sites excluding steroid dienone is 1. The van der Waals surface area contributed by atoms with Crippen LogP contribution in [0.15, 0.2) is 42.0 Å². The molecule has 74 valence electrons. The highest BCUT2D eigenvalue weighted by atomic mass is 16.3. The summed E-state index contributed by atoms with van der Waals surface area (Å²) in [6, 6.07) is 10.5. The molecule has 14 heavy (non-hydrogen) atoms. The number of hydrogen-bond acceptors (Lipinski definition) is 1. The third-order valence-corrected chi connectivity index (χ3v) is 2.75. The first-order chi connectivity index (χ1) is 6.90. The Kier molecular flexibility index (Phi) is 3.00. The summed E-state index contributed by atoms with van der Waals surface area (Å²) in [7, 11) is 0. The number of rotatable bonds is 4. The average molecular weight is 188 g/mol. The highest BCUT2D eigenvalue weighted by Gasteiger charge is 2.27. The van der Waals surface area contributed by atoms with Gasteiger partial charge in [-0.15, -0.1) is 0 Å². The van der Waals surface area contributed by atoms with E-state index < -0.39 is 0 Å². The van der Waals surface area contributed by atoms with Gasteiger partial charge in [-0.05, 0) is 24.8 Å². The average Bonchev–Trinajstić information content (AvgIpc) is 2.98. The molecule has 1 atom stereocenters. The third-order valence-electron chi connectivity index (χ3n) is 2.75. The van der Waals surface area contributed by atoms with Crippen LogP contribution in [0.1, 0.15) is 18.4 Å². The SMILES string of the molecule is OCC1CC1=CCCc1ccccc1. The van der Waals surface area contributed by atoms with Crippen LogP contribution in [0.4, 0.5) is 0 Å². The van der Waals surface area contributed by atoms with Crippen LogP contribution in [-0.4, -0.2) is 11.7 Å². The molecule has 2 rings (SSSR count). The minimum Gasteiger partial charge on any atom is -0.396 e. The van der Waals surface area contributed by atoms with Gasteiger partial charge in [-0.25, -0.2) is 0 Å². The van der Waals surface area contributed by atoms with Crippen molar-refractivity contribution in [2.24, 2.45) is 5.92 Å². The van der Waals surface area contributed by atoms with E-state index in [-0.39, 0.29) is 0 Å². The van der Waals surface area contributed by atoms with E-state index >= 15 is 0 Å². The second kappa shape index (κ2) is 4.43. The molecule has 1 heteroatoms. The highest BCUT2D eigenvalue weighted by Crippen LogP contribution is 2.37. The molecule has 1 saturated carbocycles. The standard InChI is InChI=1S/C13H16O/c14-10-13-9-12(13)8-4-7-11-5-2-1-3-6-11/h1-3,5-6,8,13-14H,4,7,9-10H2. The van der Waals surface area contributed by atoms with E-state index in [9.17, 15) is 0 Å². The molecule has 1 fully saturated rings. The van der Waals surface area contributed by atoms with E-state index in [1.54, 1.807) is 0 Å². The van der Waals surface area contributed by atoms with Crippen molar-refractivity contribution in [2.75, 3.05) is 6.61 Å². The van der Waals surface area contributed by atoms with E-state index in [2.05, 4.69) is 30.3 Å². The van der Waals surface area contributed by atoms with Crippen molar-refractivity contribution >= 4 is 0 Å². The lowest BCUT2D eigenvalue weighted by Crippen LogP contribution is -1.83. The van der Waals surface area contributed by atoms with Crippen LogP contribution in [-0.2, 0) is 6.42 Å². The summed E-state index contributed by atoms with van der Waals surface area (Å²) in [5.74, 6) is 0.491. The lowest BCUT2D eigenvalue weighted by Gasteiger charge is -1.95. The number of aliphatic hydroxyl groups excluding tert-OH is 1. The van der Waals surface area contributed by atoms with Crippen molar-refractivity contribution in [1.82, 2.24) is 0 Å². The Bertz CT molecular complexity index is 313. The maximum atomic E-state index is 8.85. The predicted octanol–water partition coefficient (Wildman–Crippen LogP) is 2.56. The topological polar surface area (TPSA) is 20.2 Å². The zero-order valence-electron chi connectivity index (χ0n) is 8.32. The summed E-state index contributed by atoms with van der Waals surface area (Å²) < 4.78 is 0. The summed E-state index contributed by atoms with van der Waals surface area (Å²) >= 11 is 0. The van der Waals surface area contributed by atoms with Crippen LogP contribution < -0.4 is 0 Å². The molecule has 0 spiro atoms. The van der Waals surface area contributed by atoms with Gasteiger partial charge in [-0.1, -0.05) is 42.0 Å². The van der Waals surface area contributed by atoms with E-state index in [1.165, 1.54) is 11.1 Å². The summed E-state index contributed by atoms with van der Waals surface area (Å²) in [5, 5.41) is 8.85. The van der Waals surface area contributed by atoms with E-state index in [0.29, 0.717) is 12.5 Å². The van der Waals surface area contributed by atoms with E-state index in [1.807, 2.05) is 6.07 Å². The molecule has 1 N–H and O–H groups in total. The minimum absolute atomic E-state index is 0.331. The molecule has 1 nitrogen and oxygen atoms in total. The van der Waals surface area contributed by atoms with Crippen LogP contribution in [0.5, 0.6) is 0 Å². The Morgan fingerprint density at radius 1 is 1.29 bits per heavy atom. The molecule has 0 aliphatic heterocycles. The van der Waals surface area contributed by atoms with Gasteiger partial charge in [0.15, 0.2) is 0 Å². The van der Waals surface area contributed by atoms with Crippen molar-refractivity contribution in [3.8, 4) is 0 Å². The van der Waals surface area contributed by atoms with Crippen molar-refractivity contribution < 1.29 is 5.11 Å². The highest BCUT2D eigenvalue weighted by molar-refractivity contribution is 5.24. The van der Waals surface area contributed by atoms with Gasteiger partial charge in [0.25, 0.3) is 0 Å². The largest absolute Gasteiger partial charge is 0.396 e. The summed E-state index contributed by atoms with van der Waals surface area (Å²) in [5.41, 5.74) is 2.84. The van der Waals surface area contributed by atoms with Gasteiger partial charge in [0.2, 0.25) is 0 Å². The van der Waals surface area contributed by atoms with Crippen molar-refractivity contribution in [1.29, 1.82) is 0 Å².